The van der Waals surface area contributed by atoms with Gasteiger partial charge in [0.1, 0.15) is 0 Å². The molecule has 0 aliphatic carbocycles. The minimum atomic E-state index is -0.00120. The van der Waals surface area contributed by atoms with Gasteiger partial charge in [0.05, 0.1) is 6.26 Å². The molecule has 0 aliphatic heterocycles. The predicted molar refractivity (Wildman–Crippen MR) is 34.5 cm³/mol. The predicted octanol–water partition coefficient (Wildman–Crippen LogP) is 2.11. The third-order valence-electron chi connectivity index (χ3n) is 1.27. The summed E-state index contributed by atoms with van der Waals surface area (Å²) in [5.74, 6) is 0.424. The second kappa shape index (κ2) is 2.13. The van der Waals surface area contributed by atoms with Crippen molar-refractivity contribution in [1.29, 1.82) is 0 Å². The van der Waals surface area contributed by atoms with Crippen molar-refractivity contribution >= 4 is 0 Å². The summed E-state index contributed by atoms with van der Waals surface area (Å²) >= 11 is 0. The SMILES string of the molecule is CC(C)c1coc(O)c1. The van der Waals surface area contributed by atoms with E-state index < -0.39 is 0 Å². The zero-order valence-electron chi connectivity index (χ0n) is 5.59. The molecule has 2 nitrogen and oxygen atoms in total. The van der Waals surface area contributed by atoms with Crippen molar-refractivity contribution in [3.8, 4) is 5.95 Å². The van der Waals surface area contributed by atoms with E-state index in [4.69, 9.17) is 5.11 Å². The van der Waals surface area contributed by atoms with Crippen LogP contribution in [0.4, 0.5) is 0 Å². The van der Waals surface area contributed by atoms with Crippen molar-refractivity contribution in [2.24, 2.45) is 0 Å². The molecule has 1 N–H and O–H groups in total. The van der Waals surface area contributed by atoms with Crippen LogP contribution in [0, 0.1) is 0 Å². The van der Waals surface area contributed by atoms with E-state index in [0.29, 0.717) is 5.92 Å². The maximum atomic E-state index is 8.74. The second-order valence-corrected chi connectivity index (χ2v) is 2.37. The van der Waals surface area contributed by atoms with Crippen LogP contribution in [0.3, 0.4) is 0 Å². The Morgan fingerprint density at radius 1 is 1.56 bits per heavy atom. The lowest BCUT2D eigenvalue weighted by molar-refractivity contribution is 0.332. The first-order valence-corrected chi connectivity index (χ1v) is 2.97. The van der Waals surface area contributed by atoms with Crippen LogP contribution in [0.25, 0.3) is 0 Å². The standard InChI is InChI=1S/C7H10O2/c1-5(2)6-3-7(8)9-4-6/h3-5,8H,1-2H3. The van der Waals surface area contributed by atoms with Gasteiger partial charge in [-0.2, -0.15) is 0 Å². The average molecular weight is 126 g/mol. The molecule has 0 saturated heterocycles. The van der Waals surface area contributed by atoms with E-state index in [0.717, 1.165) is 5.56 Å². The van der Waals surface area contributed by atoms with Gasteiger partial charge in [-0.3, -0.25) is 0 Å². The first-order chi connectivity index (χ1) is 4.20. The van der Waals surface area contributed by atoms with Crippen LogP contribution in [-0.4, -0.2) is 5.11 Å². The zero-order chi connectivity index (χ0) is 6.85. The van der Waals surface area contributed by atoms with Gasteiger partial charge in [-0.25, -0.2) is 0 Å². The first-order valence-electron chi connectivity index (χ1n) is 2.97. The van der Waals surface area contributed by atoms with Gasteiger partial charge in [-0.05, 0) is 11.5 Å². The summed E-state index contributed by atoms with van der Waals surface area (Å²) in [6, 6.07) is 1.63. The lowest BCUT2D eigenvalue weighted by Gasteiger charge is -1.94. The van der Waals surface area contributed by atoms with Gasteiger partial charge in [0, 0.05) is 6.07 Å². The third kappa shape index (κ3) is 1.25. The highest BCUT2D eigenvalue weighted by Gasteiger charge is 2.02. The molecule has 1 aromatic rings. The molecular formula is C7H10O2. The van der Waals surface area contributed by atoms with Gasteiger partial charge in [-0.15, -0.1) is 0 Å². The van der Waals surface area contributed by atoms with Crippen molar-refractivity contribution in [1.82, 2.24) is 0 Å². The van der Waals surface area contributed by atoms with Crippen molar-refractivity contribution in [3.63, 3.8) is 0 Å². The van der Waals surface area contributed by atoms with Crippen LogP contribution < -0.4 is 0 Å². The van der Waals surface area contributed by atoms with Crippen LogP contribution in [0.1, 0.15) is 25.3 Å². The fraction of sp³-hybridized carbons (Fsp3) is 0.429. The Labute approximate surface area is 54.1 Å². The van der Waals surface area contributed by atoms with E-state index in [2.05, 4.69) is 4.42 Å². The molecule has 0 aromatic carbocycles. The van der Waals surface area contributed by atoms with Crippen molar-refractivity contribution in [3.05, 3.63) is 17.9 Å². The number of furan rings is 1. The minimum Gasteiger partial charge on any atom is -0.481 e. The summed E-state index contributed by atoms with van der Waals surface area (Å²) in [4.78, 5) is 0. The quantitative estimate of drug-likeness (QED) is 0.625. The molecule has 1 heterocycles. The maximum absolute atomic E-state index is 8.74. The Kier molecular flexibility index (Phi) is 1.47. The lowest BCUT2D eigenvalue weighted by Crippen LogP contribution is -1.79. The van der Waals surface area contributed by atoms with Crippen molar-refractivity contribution < 1.29 is 9.52 Å². The van der Waals surface area contributed by atoms with Crippen molar-refractivity contribution in [2.45, 2.75) is 19.8 Å². The molecule has 1 rings (SSSR count). The third-order valence-corrected chi connectivity index (χ3v) is 1.27. The number of aromatic hydroxyl groups is 1. The van der Waals surface area contributed by atoms with Gasteiger partial charge in [0.15, 0.2) is 0 Å². The van der Waals surface area contributed by atoms with E-state index in [9.17, 15) is 0 Å². The summed E-state index contributed by atoms with van der Waals surface area (Å²) in [5.41, 5.74) is 1.03. The first kappa shape index (κ1) is 6.20. The highest BCUT2D eigenvalue weighted by atomic mass is 16.5. The molecule has 1 aromatic heterocycles. The van der Waals surface area contributed by atoms with Crippen LogP contribution >= 0.6 is 0 Å². The maximum Gasteiger partial charge on any atom is 0.281 e. The highest BCUT2D eigenvalue weighted by Crippen LogP contribution is 2.20. The molecule has 0 spiro atoms. The molecule has 0 fully saturated rings. The van der Waals surface area contributed by atoms with Gasteiger partial charge in [0.25, 0.3) is 5.95 Å². The van der Waals surface area contributed by atoms with E-state index in [1.165, 1.54) is 0 Å². The monoisotopic (exact) mass is 126 g/mol. The fourth-order valence-corrected chi connectivity index (χ4v) is 0.642. The van der Waals surface area contributed by atoms with Gasteiger partial charge in [0.2, 0.25) is 0 Å². The number of hydrogen-bond acceptors (Lipinski definition) is 2. The Balaban J connectivity index is 2.85. The second-order valence-electron chi connectivity index (χ2n) is 2.37. The summed E-state index contributed by atoms with van der Waals surface area (Å²) in [5, 5.41) is 8.74. The zero-order valence-corrected chi connectivity index (χ0v) is 5.59. The molecule has 0 saturated carbocycles. The lowest BCUT2D eigenvalue weighted by atomic mass is 10.1. The molecule has 2 heteroatoms. The molecule has 0 atom stereocenters. The Hall–Kier alpha value is -0.920. The Morgan fingerprint density at radius 3 is 2.44 bits per heavy atom. The fourth-order valence-electron chi connectivity index (χ4n) is 0.642. The van der Waals surface area contributed by atoms with Gasteiger partial charge < -0.3 is 9.52 Å². The summed E-state index contributed by atoms with van der Waals surface area (Å²) in [7, 11) is 0. The van der Waals surface area contributed by atoms with Crippen LogP contribution in [0.2, 0.25) is 0 Å². The number of hydrogen-bond donors (Lipinski definition) is 1. The van der Waals surface area contributed by atoms with Gasteiger partial charge >= 0.3 is 0 Å². The van der Waals surface area contributed by atoms with Crippen LogP contribution in [0.5, 0.6) is 5.95 Å². The van der Waals surface area contributed by atoms with E-state index in [1.807, 2.05) is 13.8 Å². The molecule has 50 valence electrons. The largest absolute Gasteiger partial charge is 0.481 e. The smallest absolute Gasteiger partial charge is 0.281 e. The molecule has 0 aliphatic rings. The molecule has 0 unspecified atom stereocenters. The summed E-state index contributed by atoms with van der Waals surface area (Å²) in [6.07, 6.45) is 1.57. The molecule has 0 radical (unpaired) electrons. The van der Waals surface area contributed by atoms with Crippen LogP contribution in [0.15, 0.2) is 16.7 Å². The molecule has 9 heavy (non-hydrogen) atoms. The summed E-state index contributed by atoms with van der Waals surface area (Å²) in [6.45, 7) is 4.09. The molecule has 0 amide bonds. The summed E-state index contributed by atoms with van der Waals surface area (Å²) < 4.78 is 4.68. The number of rotatable bonds is 1. The topological polar surface area (TPSA) is 33.4 Å². The average Bonchev–Trinajstić information content (AvgIpc) is 2.14. The Morgan fingerprint density at radius 2 is 2.22 bits per heavy atom. The molecular weight excluding hydrogens is 116 g/mol. The van der Waals surface area contributed by atoms with Crippen LogP contribution in [-0.2, 0) is 0 Å². The van der Waals surface area contributed by atoms with Gasteiger partial charge in [-0.1, -0.05) is 13.8 Å². The van der Waals surface area contributed by atoms with E-state index >= 15 is 0 Å². The van der Waals surface area contributed by atoms with E-state index in [-0.39, 0.29) is 5.95 Å². The van der Waals surface area contributed by atoms with Crippen molar-refractivity contribution in [2.75, 3.05) is 0 Å². The van der Waals surface area contributed by atoms with E-state index in [1.54, 1.807) is 12.3 Å². The normalized spacial score (nSPS) is 10.6. The Bertz CT molecular complexity index is 189. The molecule has 0 bridgehead atoms. The highest BCUT2D eigenvalue weighted by molar-refractivity contribution is 5.18. The minimum absolute atomic E-state index is 0.00120.